The van der Waals surface area contributed by atoms with Gasteiger partial charge in [0.2, 0.25) is 0 Å². The van der Waals surface area contributed by atoms with Crippen molar-refractivity contribution in [2.24, 2.45) is 0 Å². The molecule has 4 aromatic rings. The molecule has 3 heterocycles. The zero-order valence-corrected chi connectivity index (χ0v) is 16.9. The minimum atomic E-state index is 0.0134. The molecule has 5 nitrogen and oxygen atoms in total. The van der Waals surface area contributed by atoms with Gasteiger partial charge in [-0.15, -0.1) is 0 Å². The molecule has 1 aliphatic heterocycles. The first-order valence-corrected chi connectivity index (χ1v) is 10.4. The van der Waals surface area contributed by atoms with Gasteiger partial charge in [-0.25, -0.2) is 4.98 Å². The van der Waals surface area contributed by atoms with E-state index in [-0.39, 0.29) is 11.9 Å². The SMILES string of the molecule is Cc1cc(C(=O)N2CCCC[C@@H]2c2ccccc2)c2c(-c3ccccc3)noc2n1. The van der Waals surface area contributed by atoms with Gasteiger partial charge in [0, 0.05) is 17.8 Å². The van der Waals surface area contributed by atoms with Gasteiger partial charge in [0.05, 0.1) is 17.0 Å². The smallest absolute Gasteiger partial charge is 0.259 e. The lowest BCUT2D eigenvalue weighted by Crippen LogP contribution is -2.38. The summed E-state index contributed by atoms with van der Waals surface area (Å²) in [5.74, 6) is 0.0134. The Kier molecular flexibility index (Phi) is 4.79. The Bertz CT molecular complexity index is 1190. The normalized spacial score (nSPS) is 16.7. The number of hydrogen-bond acceptors (Lipinski definition) is 4. The van der Waals surface area contributed by atoms with Crippen LogP contribution in [0.4, 0.5) is 0 Å². The summed E-state index contributed by atoms with van der Waals surface area (Å²) >= 11 is 0. The van der Waals surface area contributed by atoms with Crippen molar-refractivity contribution in [1.29, 1.82) is 0 Å². The van der Waals surface area contributed by atoms with Crippen molar-refractivity contribution in [2.45, 2.75) is 32.2 Å². The van der Waals surface area contributed by atoms with Gasteiger partial charge in [0.25, 0.3) is 11.6 Å². The number of amides is 1. The van der Waals surface area contributed by atoms with Gasteiger partial charge in [0.15, 0.2) is 0 Å². The number of piperidine rings is 1. The second-order valence-corrected chi connectivity index (χ2v) is 7.81. The fraction of sp³-hybridized carbons (Fsp3) is 0.240. The van der Waals surface area contributed by atoms with Gasteiger partial charge in [-0.3, -0.25) is 4.79 Å². The van der Waals surface area contributed by atoms with Gasteiger partial charge in [-0.1, -0.05) is 65.8 Å². The number of carbonyl (C=O) groups is 1. The van der Waals surface area contributed by atoms with Crippen LogP contribution in [0, 0.1) is 6.92 Å². The third-order valence-corrected chi connectivity index (χ3v) is 5.80. The molecule has 150 valence electrons. The molecular formula is C25H23N3O2. The summed E-state index contributed by atoms with van der Waals surface area (Å²) in [5.41, 5.74) is 4.52. The maximum atomic E-state index is 13.9. The number of fused-ring (bicyclic) bond motifs is 1. The molecule has 0 saturated carbocycles. The summed E-state index contributed by atoms with van der Waals surface area (Å²) in [7, 11) is 0. The van der Waals surface area contributed by atoms with Crippen molar-refractivity contribution in [3.63, 3.8) is 0 Å². The number of hydrogen-bond donors (Lipinski definition) is 0. The van der Waals surface area contributed by atoms with E-state index in [4.69, 9.17) is 4.52 Å². The van der Waals surface area contributed by atoms with E-state index in [0.29, 0.717) is 22.4 Å². The molecule has 0 unspecified atom stereocenters. The Balaban J connectivity index is 1.63. The Morgan fingerprint density at radius 2 is 1.77 bits per heavy atom. The second kappa shape index (κ2) is 7.75. The highest BCUT2D eigenvalue weighted by atomic mass is 16.5. The van der Waals surface area contributed by atoms with E-state index in [9.17, 15) is 4.79 Å². The lowest BCUT2D eigenvalue weighted by Gasteiger charge is -2.36. The van der Waals surface area contributed by atoms with Crippen LogP contribution in [0.25, 0.3) is 22.4 Å². The average molecular weight is 397 g/mol. The number of carbonyl (C=O) groups excluding carboxylic acids is 1. The van der Waals surface area contributed by atoms with Crippen molar-refractivity contribution in [3.8, 4) is 11.3 Å². The van der Waals surface area contributed by atoms with E-state index in [0.717, 1.165) is 37.1 Å². The van der Waals surface area contributed by atoms with Crippen molar-refractivity contribution < 1.29 is 9.32 Å². The van der Waals surface area contributed by atoms with E-state index in [2.05, 4.69) is 22.3 Å². The summed E-state index contributed by atoms with van der Waals surface area (Å²) in [4.78, 5) is 20.4. The van der Waals surface area contributed by atoms with Crippen LogP contribution >= 0.6 is 0 Å². The molecule has 2 aromatic heterocycles. The van der Waals surface area contributed by atoms with E-state index in [1.54, 1.807) is 0 Å². The maximum Gasteiger partial charge on any atom is 0.259 e. The van der Waals surface area contributed by atoms with Crippen molar-refractivity contribution in [3.05, 3.63) is 83.6 Å². The number of benzene rings is 2. The van der Waals surface area contributed by atoms with Crippen LogP contribution in [0.5, 0.6) is 0 Å². The van der Waals surface area contributed by atoms with Crippen LogP contribution in [-0.4, -0.2) is 27.5 Å². The van der Waals surface area contributed by atoms with Crippen molar-refractivity contribution in [1.82, 2.24) is 15.0 Å². The molecule has 0 aliphatic carbocycles. The monoisotopic (exact) mass is 397 g/mol. The first kappa shape index (κ1) is 18.6. The van der Waals surface area contributed by atoms with Gasteiger partial charge >= 0.3 is 0 Å². The van der Waals surface area contributed by atoms with Crippen LogP contribution in [0.15, 0.2) is 71.3 Å². The lowest BCUT2D eigenvalue weighted by molar-refractivity contribution is 0.0613. The Labute approximate surface area is 175 Å². The van der Waals surface area contributed by atoms with E-state index in [1.165, 1.54) is 5.56 Å². The molecular weight excluding hydrogens is 374 g/mol. The van der Waals surface area contributed by atoms with Crippen LogP contribution in [0.2, 0.25) is 0 Å². The second-order valence-electron chi connectivity index (χ2n) is 7.81. The molecule has 0 radical (unpaired) electrons. The minimum Gasteiger partial charge on any atom is -0.335 e. The topological polar surface area (TPSA) is 59.2 Å². The molecule has 1 atom stereocenters. The molecule has 1 aliphatic rings. The standard InChI is InChI=1S/C25H23N3O2/c1-17-16-20(22-23(27-30-24(22)26-17)19-12-6-3-7-13-19)25(29)28-15-9-8-14-21(28)18-10-4-2-5-11-18/h2-7,10-13,16,21H,8-9,14-15H2,1H3/t21-/m1/s1. The minimum absolute atomic E-state index is 0.0134. The predicted octanol–water partition coefficient (Wildman–Crippen LogP) is 5.57. The predicted molar refractivity (Wildman–Crippen MR) is 116 cm³/mol. The fourth-order valence-electron chi connectivity index (χ4n) is 4.39. The Morgan fingerprint density at radius 1 is 1.03 bits per heavy atom. The molecule has 2 aromatic carbocycles. The summed E-state index contributed by atoms with van der Waals surface area (Å²) in [6, 6.07) is 22.1. The van der Waals surface area contributed by atoms with Crippen LogP contribution < -0.4 is 0 Å². The molecule has 1 saturated heterocycles. The van der Waals surface area contributed by atoms with Crippen molar-refractivity contribution in [2.75, 3.05) is 6.54 Å². The maximum absolute atomic E-state index is 13.9. The Morgan fingerprint density at radius 3 is 2.53 bits per heavy atom. The highest BCUT2D eigenvalue weighted by Gasteiger charge is 2.31. The number of rotatable bonds is 3. The summed E-state index contributed by atoms with van der Waals surface area (Å²) in [5, 5.41) is 4.95. The lowest BCUT2D eigenvalue weighted by atomic mass is 9.94. The number of likely N-dealkylation sites (tertiary alicyclic amines) is 1. The van der Waals surface area contributed by atoms with E-state index >= 15 is 0 Å². The molecule has 5 rings (SSSR count). The molecule has 0 bridgehead atoms. The zero-order valence-electron chi connectivity index (χ0n) is 16.9. The number of nitrogens with zero attached hydrogens (tertiary/aromatic N) is 3. The van der Waals surface area contributed by atoms with Crippen LogP contribution in [0.1, 0.15) is 46.9 Å². The highest BCUT2D eigenvalue weighted by Crippen LogP contribution is 2.35. The van der Waals surface area contributed by atoms with E-state index < -0.39 is 0 Å². The molecule has 1 fully saturated rings. The zero-order chi connectivity index (χ0) is 20.5. The summed E-state index contributed by atoms with van der Waals surface area (Å²) < 4.78 is 5.54. The van der Waals surface area contributed by atoms with Gasteiger partial charge in [-0.05, 0) is 37.8 Å². The van der Waals surface area contributed by atoms with Gasteiger partial charge in [-0.2, -0.15) is 0 Å². The van der Waals surface area contributed by atoms with Gasteiger partial charge in [0.1, 0.15) is 5.69 Å². The molecule has 0 N–H and O–H groups in total. The number of aromatic nitrogens is 2. The highest BCUT2D eigenvalue weighted by molar-refractivity contribution is 6.09. The third kappa shape index (κ3) is 3.26. The van der Waals surface area contributed by atoms with Crippen LogP contribution in [-0.2, 0) is 0 Å². The molecule has 1 amide bonds. The third-order valence-electron chi connectivity index (χ3n) is 5.80. The average Bonchev–Trinajstić information content (AvgIpc) is 3.23. The number of pyridine rings is 1. The largest absolute Gasteiger partial charge is 0.335 e. The molecule has 5 heteroatoms. The fourth-order valence-corrected chi connectivity index (χ4v) is 4.39. The summed E-state index contributed by atoms with van der Waals surface area (Å²) in [6.07, 6.45) is 3.10. The van der Waals surface area contributed by atoms with Crippen molar-refractivity contribution >= 4 is 17.0 Å². The first-order chi connectivity index (χ1) is 14.7. The molecule has 30 heavy (non-hydrogen) atoms. The Hall–Kier alpha value is -3.47. The van der Waals surface area contributed by atoms with E-state index in [1.807, 2.05) is 66.4 Å². The number of aryl methyl sites for hydroxylation is 1. The van der Waals surface area contributed by atoms with Gasteiger partial charge < -0.3 is 9.42 Å². The quantitative estimate of drug-likeness (QED) is 0.454. The first-order valence-electron chi connectivity index (χ1n) is 10.4. The molecule has 0 spiro atoms. The van der Waals surface area contributed by atoms with Crippen LogP contribution in [0.3, 0.4) is 0 Å². The summed E-state index contributed by atoms with van der Waals surface area (Å²) in [6.45, 7) is 2.62.